The van der Waals surface area contributed by atoms with Gasteiger partial charge in [0.1, 0.15) is 0 Å². The summed E-state index contributed by atoms with van der Waals surface area (Å²) in [6.07, 6.45) is 2.37. The molecule has 0 radical (unpaired) electrons. The standard InChI is InChI=1S/C14H21NO/c1-13(2,10-16)11-5-3-4-6-12(11)14(9-15)7-8-14/h3-6,16H,7-10,15H2,1-2H3. The molecule has 0 bridgehead atoms. The van der Waals surface area contributed by atoms with Crippen LogP contribution >= 0.6 is 0 Å². The number of aliphatic hydroxyl groups excluding tert-OH is 1. The van der Waals surface area contributed by atoms with Crippen molar-refractivity contribution in [3.63, 3.8) is 0 Å². The molecule has 2 nitrogen and oxygen atoms in total. The lowest BCUT2D eigenvalue weighted by Gasteiger charge is -2.28. The van der Waals surface area contributed by atoms with E-state index in [0.29, 0.717) is 6.54 Å². The third-order valence-electron chi connectivity index (χ3n) is 3.87. The lowest BCUT2D eigenvalue weighted by atomic mass is 9.78. The summed E-state index contributed by atoms with van der Waals surface area (Å²) in [6.45, 7) is 5.05. The fraction of sp³-hybridized carbons (Fsp3) is 0.571. The summed E-state index contributed by atoms with van der Waals surface area (Å²) in [4.78, 5) is 0. The van der Waals surface area contributed by atoms with Crippen LogP contribution in [0.25, 0.3) is 0 Å². The average molecular weight is 219 g/mol. The largest absolute Gasteiger partial charge is 0.395 e. The van der Waals surface area contributed by atoms with Crippen LogP contribution in [0.1, 0.15) is 37.8 Å². The van der Waals surface area contributed by atoms with Gasteiger partial charge >= 0.3 is 0 Å². The summed E-state index contributed by atoms with van der Waals surface area (Å²) in [7, 11) is 0. The Morgan fingerprint density at radius 3 is 2.44 bits per heavy atom. The molecule has 0 spiro atoms. The van der Waals surface area contributed by atoms with Gasteiger partial charge in [-0.1, -0.05) is 38.1 Å². The molecule has 0 aromatic heterocycles. The quantitative estimate of drug-likeness (QED) is 0.813. The summed E-state index contributed by atoms with van der Waals surface area (Å²) in [5, 5.41) is 9.50. The Morgan fingerprint density at radius 1 is 1.31 bits per heavy atom. The SMILES string of the molecule is CC(C)(CO)c1ccccc1C1(CN)CC1. The molecule has 2 rings (SSSR count). The highest BCUT2D eigenvalue weighted by atomic mass is 16.3. The fourth-order valence-corrected chi connectivity index (χ4v) is 2.36. The van der Waals surface area contributed by atoms with Gasteiger partial charge in [-0.3, -0.25) is 0 Å². The second-order valence-corrected chi connectivity index (χ2v) is 5.57. The molecule has 1 saturated carbocycles. The number of hydrogen-bond acceptors (Lipinski definition) is 2. The van der Waals surface area contributed by atoms with Crippen LogP contribution in [0.15, 0.2) is 24.3 Å². The maximum atomic E-state index is 9.50. The molecule has 2 heteroatoms. The van der Waals surface area contributed by atoms with Gasteiger partial charge in [0.25, 0.3) is 0 Å². The van der Waals surface area contributed by atoms with E-state index in [4.69, 9.17) is 5.73 Å². The minimum Gasteiger partial charge on any atom is -0.395 e. The monoisotopic (exact) mass is 219 g/mol. The van der Waals surface area contributed by atoms with Crippen molar-refractivity contribution in [2.75, 3.05) is 13.2 Å². The third kappa shape index (κ3) is 1.76. The molecule has 1 fully saturated rings. The first kappa shape index (κ1) is 11.6. The maximum absolute atomic E-state index is 9.50. The van der Waals surface area contributed by atoms with Crippen molar-refractivity contribution in [2.45, 2.75) is 37.5 Å². The van der Waals surface area contributed by atoms with E-state index in [0.717, 1.165) is 0 Å². The highest BCUT2D eigenvalue weighted by molar-refractivity contribution is 5.42. The molecule has 16 heavy (non-hydrogen) atoms. The summed E-state index contributed by atoms with van der Waals surface area (Å²) in [6, 6.07) is 8.42. The third-order valence-corrected chi connectivity index (χ3v) is 3.87. The van der Waals surface area contributed by atoms with E-state index in [1.54, 1.807) is 0 Å². The molecule has 1 aromatic carbocycles. The first-order valence-electron chi connectivity index (χ1n) is 5.97. The lowest BCUT2D eigenvalue weighted by Crippen LogP contribution is -2.29. The fourth-order valence-electron chi connectivity index (χ4n) is 2.36. The number of hydrogen-bond donors (Lipinski definition) is 2. The molecule has 1 aliphatic carbocycles. The van der Waals surface area contributed by atoms with Crippen LogP contribution in [0, 0.1) is 0 Å². The van der Waals surface area contributed by atoms with Crippen LogP contribution in [-0.2, 0) is 10.8 Å². The van der Waals surface area contributed by atoms with E-state index in [-0.39, 0.29) is 17.4 Å². The van der Waals surface area contributed by atoms with Crippen molar-refractivity contribution in [3.05, 3.63) is 35.4 Å². The summed E-state index contributed by atoms with van der Waals surface area (Å²) in [5.74, 6) is 0. The van der Waals surface area contributed by atoms with Crippen molar-refractivity contribution in [1.29, 1.82) is 0 Å². The van der Waals surface area contributed by atoms with Gasteiger partial charge in [-0.05, 0) is 24.0 Å². The van der Waals surface area contributed by atoms with Crippen molar-refractivity contribution in [1.82, 2.24) is 0 Å². The highest BCUT2D eigenvalue weighted by Crippen LogP contribution is 2.50. The van der Waals surface area contributed by atoms with Gasteiger partial charge in [0.15, 0.2) is 0 Å². The lowest BCUT2D eigenvalue weighted by molar-refractivity contribution is 0.217. The number of benzene rings is 1. The molecule has 0 heterocycles. The first-order valence-corrected chi connectivity index (χ1v) is 5.97. The summed E-state index contributed by atoms with van der Waals surface area (Å²) < 4.78 is 0. The molecule has 0 aliphatic heterocycles. The summed E-state index contributed by atoms with van der Waals surface area (Å²) in [5.41, 5.74) is 8.50. The van der Waals surface area contributed by atoms with Crippen LogP contribution in [-0.4, -0.2) is 18.3 Å². The Bertz CT molecular complexity index is 355. The van der Waals surface area contributed by atoms with Crippen LogP contribution in [0.3, 0.4) is 0 Å². The van der Waals surface area contributed by atoms with Crippen molar-refractivity contribution >= 4 is 0 Å². The van der Waals surface area contributed by atoms with E-state index < -0.39 is 0 Å². The Kier molecular flexibility index (Phi) is 2.81. The minimum absolute atomic E-state index is 0.171. The van der Waals surface area contributed by atoms with Gasteiger partial charge in [0.05, 0.1) is 6.61 Å². The minimum atomic E-state index is -0.179. The predicted octanol–water partition coefficient (Wildman–Crippen LogP) is 1.95. The van der Waals surface area contributed by atoms with Crippen molar-refractivity contribution in [3.8, 4) is 0 Å². The molecule has 0 atom stereocenters. The molecule has 1 aromatic rings. The van der Waals surface area contributed by atoms with Crippen LogP contribution in [0.4, 0.5) is 0 Å². The molecule has 0 saturated heterocycles. The topological polar surface area (TPSA) is 46.2 Å². The Hall–Kier alpha value is -0.860. The van der Waals surface area contributed by atoms with Gasteiger partial charge in [0, 0.05) is 17.4 Å². The second kappa shape index (κ2) is 3.86. The summed E-state index contributed by atoms with van der Waals surface area (Å²) >= 11 is 0. The average Bonchev–Trinajstić information content (AvgIpc) is 3.10. The van der Waals surface area contributed by atoms with E-state index in [1.165, 1.54) is 24.0 Å². The highest BCUT2D eigenvalue weighted by Gasteiger charge is 2.45. The smallest absolute Gasteiger partial charge is 0.0522 e. The van der Waals surface area contributed by atoms with Gasteiger partial charge in [-0.2, -0.15) is 0 Å². The van der Waals surface area contributed by atoms with Crippen LogP contribution < -0.4 is 5.73 Å². The molecule has 88 valence electrons. The Balaban J connectivity index is 2.47. The van der Waals surface area contributed by atoms with Gasteiger partial charge < -0.3 is 10.8 Å². The van der Waals surface area contributed by atoms with Gasteiger partial charge in [-0.25, -0.2) is 0 Å². The number of rotatable bonds is 4. The van der Waals surface area contributed by atoms with E-state index in [2.05, 4.69) is 32.0 Å². The van der Waals surface area contributed by atoms with E-state index >= 15 is 0 Å². The zero-order valence-electron chi connectivity index (χ0n) is 10.2. The molecule has 1 aliphatic rings. The van der Waals surface area contributed by atoms with E-state index in [9.17, 15) is 5.11 Å². The number of aliphatic hydroxyl groups is 1. The van der Waals surface area contributed by atoms with Crippen LogP contribution in [0.5, 0.6) is 0 Å². The van der Waals surface area contributed by atoms with Gasteiger partial charge in [0.2, 0.25) is 0 Å². The maximum Gasteiger partial charge on any atom is 0.0522 e. The second-order valence-electron chi connectivity index (χ2n) is 5.57. The first-order chi connectivity index (χ1) is 7.56. The van der Waals surface area contributed by atoms with E-state index in [1.807, 2.05) is 6.07 Å². The molecule has 3 N–H and O–H groups in total. The zero-order valence-corrected chi connectivity index (χ0v) is 10.2. The number of nitrogens with two attached hydrogens (primary N) is 1. The predicted molar refractivity (Wildman–Crippen MR) is 66.5 cm³/mol. The molecule has 0 amide bonds. The zero-order chi connectivity index (χ0) is 11.8. The molecular weight excluding hydrogens is 198 g/mol. The van der Waals surface area contributed by atoms with Crippen molar-refractivity contribution in [2.24, 2.45) is 5.73 Å². The van der Waals surface area contributed by atoms with Crippen molar-refractivity contribution < 1.29 is 5.11 Å². The Labute approximate surface area is 97.5 Å². The molecule has 0 unspecified atom stereocenters. The molecular formula is C14H21NO. The van der Waals surface area contributed by atoms with Crippen LogP contribution in [0.2, 0.25) is 0 Å². The Morgan fingerprint density at radius 2 is 1.94 bits per heavy atom. The van der Waals surface area contributed by atoms with Gasteiger partial charge in [-0.15, -0.1) is 0 Å². The normalized spacial score (nSPS) is 18.5.